The predicted octanol–water partition coefficient (Wildman–Crippen LogP) is 5.37. The normalized spacial score (nSPS) is 11.2. The molecule has 0 aliphatic carbocycles. The SMILES string of the molecule is O=S(=O)(Nc1cccc(OCc2ccccc2)c1)c1ccc(Cl)cc1Cl. The monoisotopic (exact) mass is 407 g/mol. The number of nitrogens with one attached hydrogen (secondary N) is 1. The average molecular weight is 408 g/mol. The van der Waals surface area contributed by atoms with Gasteiger partial charge in [-0.2, -0.15) is 0 Å². The fourth-order valence-electron chi connectivity index (χ4n) is 2.29. The molecule has 3 aromatic carbocycles. The Bertz CT molecular complexity index is 1010. The van der Waals surface area contributed by atoms with E-state index in [1.54, 1.807) is 24.3 Å². The summed E-state index contributed by atoms with van der Waals surface area (Å²) in [6.07, 6.45) is 0. The van der Waals surface area contributed by atoms with Crippen molar-refractivity contribution >= 4 is 38.9 Å². The summed E-state index contributed by atoms with van der Waals surface area (Å²) in [5.41, 5.74) is 1.40. The average Bonchev–Trinajstić information content (AvgIpc) is 2.60. The first kappa shape index (κ1) is 18.6. The number of ether oxygens (including phenoxy) is 1. The van der Waals surface area contributed by atoms with Gasteiger partial charge in [-0.25, -0.2) is 8.42 Å². The van der Waals surface area contributed by atoms with Gasteiger partial charge in [-0.1, -0.05) is 59.6 Å². The van der Waals surface area contributed by atoms with Crippen molar-refractivity contribution in [3.63, 3.8) is 0 Å². The van der Waals surface area contributed by atoms with Crippen LogP contribution in [0.1, 0.15) is 5.56 Å². The smallest absolute Gasteiger partial charge is 0.263 e. The zero-order chi connectivity index (χ0) is 18.6. The lowest BCUT2D eigenvalue weighted by Crippen LogP contribution is -2.13. The molecule has 0 unspecified atom stereocenters. The van der Waals surface area contributed by atoms with Crippen molar-refractivity contribution in [3.05, 3.63) is 88.4 Å². The van der Waals surface area contributed by atoms with Crippen molar-refractivity contribution in [3.8, 4) is 5.75 Å². The van der Waals surface area contributed by atoms with Gasteiger partial charge in [-0.15, -0.1) is 0 Å². The van der Waals surface area contributed by atoms with Gasteiger partial charge < -0.3 is 4.74 Å². The lowest BCUT2D eigenvalue weighted by molar-refractivity contribution is 0.306. The molecule has 1 N–H and O–H groups in total. The third-order valence-electron chi connectivity index (χ3n) is 3.52. The van der Waals surface area contributed by atoms with Crippen molar-refractivity contribution in [2.24, 2.45) is 0 Å². The number of hydrogen-bond donors (Lipinski definition) is 1. The number of halogens is 2. The van der Waals surface area contributed by atoms with E-state index in [1.165, 1.54) is 18.2 Å². The molecule has 7 heteroatoms. The second-order valence-electron chi connectivity index (χ2n) is 5.48. The molecular formula is C19H15Cl2NO3S. The van der Waals surface area contributed by atoms with Gasteiger partial charge in [0.05, 0.1) is 10.7 Å². The van der Waals surface area contributed by atoms with Gasteiger partial charge in [-0.3, -0.25) is 4.72 Å². The summed E-state index contributed by atoms with van der Waals surface area (Å²) in [5.74, 6) is 0.552. The summed E-state index contributed by atoms with van der Waals surface area (Å²) >= 11 is 11.8. The minimum absolute atomic E-state index is 0.0424. The molecule has 0 bridgehead atoms. The van der Waals surface area contributed by atoms with E-state index in [0.29, 0.717) is 23.1 Å². The summed E-state index contributed by atoms with van der Waals surface area (Å²) in [5, 5.41) is 0.423. The van der Waals surface area contributed by atoms with Crippen LogP contribution in [0.5, 0.6) is 5.75 Å². The zero-order valence-corrected chi connectivity index (χ0v) is 15.9. The molecule has 4 nitrogen and oxygen atoms in total. The Kier molecular flexibility index (Phi) is 5.71. The van der Waals surface area contributed by atoms with E-state index < -0.39 is 10.0 Å². The highest BCUT2D eigenvalue weighted by Gasteiger charge is 2.18. The Hall–Kier alpha value is -2.21. The molecule has 26 heavy (non-hydrogen) atoms. The first-order valence-electron chi connectivity index (χ1n) is 7.69. The molecule has 0 radical (unpaired) electrons. The number of anilines is 1. The highest BCUT2D eigenvalue weighted by atomic mass is 35.5. The second-order valence-corrected chi connectivity index (χ2v) is 7.98. The van der Waals surface area contributed by atoms with Crippen LogP contribution in [-0.2, 0) is 16.6 Å². The Morgan fingerprint density at radius 3 is 2.38 bits per heavy atom. The Morgan fingerprint density at radius 2 is 1.65 bits per heavy atom. The molecule has 0 heterocycles. The minimum atomic E-state index is -3.84. The maximum Gasteiger partial charge on any atom is 0.263 e. The summed E-state index contributed by atoms with van der Waals surface area (Å²) < 4.78 is 33.3. The summed E-state index contributed by atoms with van der Waals surface area (Å²) in [4.78, 5) is -0.0424. The number of rotatable bonds is 6. The van der Waals surface area contributed by atoms with E-state index in [1.807, 2.05) is 30.3 Å². The maximum atomic E-state index is 12.5. The Morgan fingerprint density at radius 1 is 0.885 bits per heavy atom. The van der Waals surface area contributed by atoms with Gasteiger partial charge >= 0.3 is 0 Å². The van der Waals surface area contributed by atoms with Crippen LogP contribution >= 0.6 is 23.2 Å². The molecule has 134 valence electrons. The van der Waals surface area contributed by atoms with Gasteiger partial charge in [0.15, 0.2) is 0 Å². The number of benzene rings is 3. The largest absolute Gasteiger partial charge is 0.489 e. The fourth-order valence-corrected chi connectivity index (χ4v) is 4.12. The van der Waals surface area contributed by atoms with Gasteiger partial charge in [0.25, 0.3) is 10.0 Å². The van der Waals surface area contributed by atoms with Crippen LogP contribution in [0, 0.1) is 0 Å². The molecule has 0 aliphatic rings. The Labute approximate surface area is 162 Å². The molecule has 3 aromatic rings. The summed E-state index contributed by atoms with van der Waals surface area (Å²) in [7, 11) is -3.84. The molecule has 0 aliphatic heterocycles. The highest BCUT2D eigenvalue weighted by Crippen LogP contribution is 2.27. The van der Waals surface area contributed by atoms with Crippen LogP contribution in [0.25, 0.3) is 0 Å². The van der Waals surface area contributed by atoms with Crippen LogP contribution in [0.2, 0.25) is 10.0 Å². The molecule has 0 aromatic heterocycles. The van der Waals surface area contributed by atoms with E-state index >= 15 is 0 Å². The van der Waals surface area contributed by atoms with Crippen LogP contribution in [-0.4, -0.2) is 8.42 Å². The Balaban J connectivity index is 1.75. The molecule has 0 spiro atoms. The predicted molar refractivity (Wildman–Crippen MR) is 104 cm³/mol. The molecule has 0 saturated heterocycles. The van der Waals surface area contributed by atoms with E-state index in [0.717, 1.165) is 5.56 Å². The molecule has 0 amide bonds. The molecule has 0 fully saturated rings. The topological polar surface area (TPSA) is 55.4 Å². The third kappa shape index (κ3) is 4.69. The fraction of sp³-hybridized carbons (Fsp3) is 0.0526. The second kappa shape index (κ2) is 7.99. The van der Waals surface area contributed by atoms with Gasteiger partial charge in [0.1, 0.15) is 17.3 Å². The maximum absolute atomic E-state index is 12.5. The zero-order valence-electron chi connectivity index (χ0n) is 13.5. The first-order valence-corrected chi connectivity index (χ1v) is 9.93. The van der Waals surface area contributed by atoms with Crippen molar-refractivity contribution in [1.29, 1.82) is 0 Å². The van der Waals surface area contributed by atoms with Crippen LogP contribution in [0.4, 0.5) is 5.69 Å². The van der Waals surface area contributed by atoms with Crippen molar-refractivity contribution in [2.45, 2.75) is 11.5 Å². The number of hydrogen-bond acceptors (Lipinski definition) is 3. The highest BCUT2D eigenvalue weighted by molar-refractivity contribution is 7.92. The standard InChI is InChI=1S/C19H15Cl2NO3S/c20-15-9-10-19(18(21)11-15)26(23,24)22-16-7-4-8-17(12-16)25-13-14-5-2-1-3-6-14/h1-12,22H,13H2. The molecule has 0 atom stereocenters. The lowest BCUT2D eigenvalue weighted by Gasteiger charge is -2.11. The van der Waals surface area contributed by atoms with Crippen molar-refractivity contribution < 1.29 is 13.2 Å². The minimum Gasteiger partial charge on any atom is -0.489 e. The molecule has 3 rings (SSSR count). The number of sulfonamides is 1. The van der Waals surface area contributed by atoms with E-state index in [9.17, 15) is 8.42 Å². The first-order chi connectivity index (χ1) is 12.4. The van der Waals surface area contributed by atoms with Crippen LogP contribution in [0.3, 0.4) is 0 Å². The van der Waals surface area contributed by atoms with Crippen molar-refractivity contribution in [2.75, 3.05) is 4.72 Å². The summed E-state index contributed by atoms with van der Waals surface area (Å²) in [6, 6.07) is 20.6. The third-order valence-corrected chi connectivity index (χ3v) is 5.62. The lowest BCUT2D eigenvalue weighted by atomic mass is 10.2. The quantitative estimate of drug-likeness (QED) is 0.596. The van der Waals surface area contributed by atoms with E-state index in [-0.39, 0.29) is 9.92 Å². The van der Waals surface area contributed by atoms with Crippen molar-refractivity contribution in [1.82, 2.24) is 0 Å². The van der Waals surface area contributed by atoms with Crippen LogP contribution < -0.4 is 9.46 Å². The molecular weight excluding hydrogens is 393 g/mol. The van der Waals surface area contributed by atoms with Gasteiger partial charge in [0.2, 0.25) is 0 Å². The van der Waals surface area contributed by atoms with Gasteiger partial charge in [-0.05, 0) is 35.9 Å². The van der Waals surface area contributed by atoms with Crippen LogP contribution in [0.15, 0.2) is 77.7 Å². The molecule has 0 saturated carbocycles. The van der Waals surface area contributed by atoms with Gasteiger partial charge in [0, 0.05) is 11.1 Å². The van der Waals surface area contributed by atoms with E-state index in [2.05, 4.69) is 4.72 Å². The van der Waals surface area contributed by atoms with E-state index in [4.69, 9.17) is 27.9 Å². The summed E-state index contributed by atoms with van der Waals surface area (Å²) in [6.45, 7) is 0.389.